The van der Waals surface area contributed by atoms with Crippen molar-refractivity contribution in [2.45, 2.75) is 27.2 Å². The molecule has 0 saturated heterocycles. The molecule has 176 valence electrons. The van der Waals surface area contributed by atoms with E-state index in [1.54, 1.807) is 6.20 Å². The molecule has 0 unspecified atom stereocenters. The van der Waals surface area contributed by atoms with E-state index in [-0.39, 0.29) is 0 Å². The smallest absolute Gasteiger partial charge is 0.407 e. The molecule has 0 saturated carbocycles. The van der Waals surface area contributed by atoms with Gasteiger partial charge in [0.25, 0.3) is 0 Å². The van der Waals surface area contributed by atoms with Crippen molar-refractivity contribution >= 4 is 34.3 Å². The average Bonchev–Trinajstić information content (AvgIpc) is 3.14. The van der Waals surface area contributed by atoms with Crippen molar-refractivity contribution in [1.29, 1.82) is 0 Å². The lowest BCUT2D eigenvalue weighted by Crippen LogP contribution is -2.29. The standard InChI is InChI=1S/C22H33N5O4S/c1-15(2)14-31-19-12-16(3)6-7-18(19)25-20(28)26-21-24-13-17(32-21)8-9-23-22(29)30-11-10-27(4)5/h6-7,12-13,15H,8-11,14H2,1-5H3,(H,23,29)(H2,24,25,26,28). The Labute approximate surface area is 193 Å². The Morgan fingerprint density at radius 2 is 2.00 bits per heavy atom. The lowest BCUT2D eigenvalue weighted by atomic mass is 10.2. The highest BCUT2D eigenvalue weighted by molar-refractivity contribution is 7.15. The molecule has 1 aromatic heterocycles. The van der Waals surface area contributed by atoms with E-state index in [2.05, 4.69) is 34.8 Å². The summed E-state index contributed by atoms with van der Waals surface area (Å²) in [6.45, 7) is 8.11. The Hall–Kier alpha value is -2.85. The minimum atomic E-state index is -0.442. The molecular formula is C22H33N5O4S. The maximum atomic E-state index is 12.4. The van der Waals surface area contributed by atoms with Crippen LogP contribution in [0.2, 0.25) is 0 Å². The van der Waals surface area contributed by atoms with Crippen LogP contribution in [0.15, 0.2) is 24.4 Å². The lowest BCUT2D eigenvalue weighted by molar-refractivity contribution is 0.137. The molecular weight excluding hydrogens is 430 g/mol. The van der Waals surface area contributed by atoms with Crippen LogP contribution >= 0.6 is 11.3 Å². The van der Waals surface area contributed by atoms with Gasteiger partial charge in [0.1, 0.15) is 12.4 Å². The van der Waals surface area contributed by atoms with Gasteiger partial charge in [0.2, 0.25) is 0 Å². The van der Waals surface area contributed by atoms with E-state index in [1.807, 2.05) is 44.1 Å². The lowest BCUT2D eigenvalue weighted by Gasteiger charge is -2.14. The Balaban J connectivity index is 1.80. The number of ether oxygens (including phenoxy) is 2. The molecule has 0 radical (unpaired) electrons. The zero-order chi connectivity index (χ0) is 23.5. The molecule has 2 rings (SSSR count). The highest BCUT2D eigenvalue weighted by Crippen LogP contribution is 2.27. The van der Waals surface area contributed by atoms with Gasteiger partial charge in [-0.25, -0.2) is 14.6 Å². The first-order valence-electron chi connectivity index (χ1n) is 10.5. The third-order valence-corrected chi connectivity index (χ3v) is 5.12. The molecule has 0 bridgehead atoms. The molecule has 3 N–H and O–H groups in total. The summed E-state index contributed by atoms with van der Waals surface area (Å²) in [6, 6.07) is 5.24. The van der Waals surface area contributed by atoms with Gasteiger partial charge in [0.15, 0.2) is 5.13 Å². The number of hydrogen-bond donors (Lipinski definition) is 3. The Morgan fingerprint density at radius 3 is 2.72 bits per heavy atom. The van der Waals surface area contributed by atoms with Gasteiger partial charge in [-0.1, -0.05) is 19.9 Å². The molecule has 0 atom stereocenters. The van der Waals surface area contributed by atoms with Crippen LogP contribution in [-0.2, 0) is 11.2 Å². The van der Waals surface area contributed by atoms with Gasteiger partial charge in [-0.15, -0.1) is 11.3 Å². The van der Waals surface area contributed by atoms with Crippen LogP contribution in [-0.4, -0.2) is 62.4 Å². The number of aryl methyl sites for hydroxylation is 1. The van der Waals surface area contributed by atoms with E-state index in [1.165, 1.54) is 11.3 Å². The van der Waals surface area contributed by atoms with Crippen molar-refractivity contribution in [3.8, 4) is 5.75 Å². The minimum Gasteiger partial charge on any atom is -0.491 e. The predicted octanol–water partition coefficient (Wildman–Crippen LogP) is 3.96. The first-order valence-corrected chi connectivity index (χ1v) is 11.4. The van der Waals surface area contributed by atoms with Crippen LogP contribution in [0.25, 0.3) is 0 Å². The van der Waals surface area contributed by atoms with E-state index < -0.39 is 12.1 Å². The normalized spacial score (nSPS) is 10.8. The fraction of sp³-hybridized carbons (Fsp3) is 0.500. The van der Waals surface area contributed by atoms with Gasteiger partial charge in [-0.3, -0.25) is 5.32 Å². The third kappa shape index (κ3) is 9.52. The summed E-state index contributed by atoms with van der Waals surface area (Å²) in [6.07, 6.45) is 1.83. The topological polar surface area (TPSA) is 105 Å². The fourth-order valence-electron chi connectivity index (χ4n) is 2.50. The van der Waals surface area contributed by atoms with Crippen LogP contribution in [0.3, 0.4) is 0 Å². The number of carbonyl (C=O) groups is 2. The SMILES string of the molecule is Cc1ccc(NC(=O)Nc2ncc(CCNC(=O)OCCN(C)C)s2)c(OCC(C)C)c1. The van der Waals surface area contributed by atoms with Gasteiger partial charge in [0, 0.05) is 30.6 Å². The van der Waals surface area contributed by atoms with Crippen molar-refractivity contribution in [3.63, 3.8) is 0 Å². The summed E-state index contributed by atoms with van der Waals surface area (Å²) in [5.74, 6) is 1.01. The molecule has 0 aliphatic carbocycles. The van der Waals surface area contributed by atoms with Gasteiger partial charge >= 0.3 is 12.1 Å². The van der Waals surface area contributed by atoms with Crippen molar-refractivity contribution in [1.82, 2.24) is 15.2 Å². The van der Waals surface area contributed by atoms with Crippen molar-refractivity contribution in [3.05, 3.63) is 34.8 Å². The third-order valence-electron chi connectivity index (χ3n) is 4.14. The number of anilines is 2. The highest BCUT2D eigenvalue weighted by atomic mass is 32.1. The van der Waals surface area contributed by atoms with E-state index in [0.29, 0.717) is 55.2 Å². The first kappa shape index (κ1) is 25.4. The zero-order valence-electron chi connectivity index (χ0n) is 19.4. The number of alkyl carbamates (subject to hydrolysis) is 1. The Bertz CT molecular complexity index is 885. The molecule has 3 amide bonds. The molecule has 0 fully saturated rings. The second-order valence-electron chi connectivity index (χ2n) is 8.03. The summed E-state index contributed by atoms with van der Waals surface area (Å²) in [4.78, 5) is 31.2. The molecule has 2 aromatic rings. The maximum Gasteiger partial charge on any atom is 0.407 e. The number of nitrogens with zero attached hydrogens (tertiary/aromatic N) is 2. The number of thiazole rings is 1. The second-order valence-corrected chi connectivity index (χ2v) is 9.15. The Kier molecular flexibility index (Phi) is 10.2. The van der Waals surface area contributed by atoms with E-state index in [9.17, 15) is 9.59 Å². The number of urea groups is 1. The first-order chi connectivity index (χ1) is 15.2. The van der Waals surface area contributed by atoms with Gasteiger partial charge < -0.3 is 25.0 Å². The molecule has 1 aromatic carbocycles. The van der Waals surface area contributed by atoms with E-state index in [4.69, 9.17) is 9.47 Å². The van der Waals surface area contributed by atoms with E-state index in [0.717, 1.165) is 10.4 Å². The summed E-state index contributed by atoms with van der Waals surface area (Å²) in [5.41, 5.74) is 1.65. The maximum absolute atomic E-state index is 12.4. The molecule has 0 spiro atoms. The number of benzene rings is 1. The van der Waals surface area contributed by atoms with Crippen molar-refractivity contribution in [2.75, 3.05) is 51.0 Å². The van der Waals surface area contributed by atoms with Crippen molar-refractivity contribution in [2.24, 2.45) is 5.92 Å². The summed E-state index contributed by atoms with van der Waals surface area (Å²) < 4.78 is 10.9. The van der Waals surface area contributed by atoms with Crippen molar-refractivity contribution < 1.29 is 19.1 Å². The molecule has 10 heteroatoms. The quantitative estimate of drug-likeness (QED) is 0.466. The largest absolute Gasteiger partial charge is 0.491 e. The summed E-state index contributed by atoms with van der Waals surface area (Å²) in [7, 11) is 3.83. The number of nitrogens with one attached hydrogen (secondary N) is 3. The number of likely N-dealkylation sites (N-methyl/N-ethyl adjacent to an activating group) is 1. The van der Waals surface area contributed by atoms with Crippen LogP contribution in [0, 0.1) is 12.8 Å². The van der Waals surface area contributed by atoms with Crippen LogP contribution in [0.4, 0.5) is 20.4 Å². The number of carbonyl (C=O) groups excluding carboxylic acids is 2. The predicted molar refractivity (Wildman–Crippen MR) is 128 cm³/mol. The molecule has 0 aliphatic heterocycles. The summed E-state index contributed by atoms with van der Waals surface area (Å²) in [5, 5.41) is 8.74. The molecule has 32 heavy (non-hydrogen) atoms. The molecule has 1 heterocycles. The zero-order valence-corrected chi connectivity index (χ0v) is 20.2. The van der Waals surface area contributed by atoms with Gasteiger partial charge in [-0.2, -0.15) is 0 Å². The second kappa shape index (κ2) is 12.9. The number of hydrogen-bond acceptors (Lipinski definition) is 7. The number of amides is 3. The number of rotatable bonds is 11. The average molecular weight is 464 g/mol. The van der Waals surface area contributed by atoms with Crippen LogP contribution < -0.4 is 20.7 Å². The minimum absolute atomic E-state index is 0.341. The van der Waals surface area contributed by atoms with Crippen LogP contribution in [0.5, 0.6) is 5.75 Å². The van der Waals surface area contributed by atoms with Crippen LogP contribution in [0.1, 0.15) is 24.3 Å². The number of aromatic nitrogens is 1. The highest BCUT2D eigenvalue weighted by Gasteiger charge is 2.12. The molecule has 0 aliphatic rings. The van der Waals surface area contributed by atoms with Gasteiger partial charge in [0.05, 0.1) is 12.3 Å². The summed E-state index contributed by atoms with van der Waals surface area (Å²) >= 11 is 1.35. The fourth-order valence-corrected chi connectivity index (χ4v) is 3.31. The Morgan fingerprint density at radius 1 is 1.22 bits per heavy atom. The molecule has 9 nitrogen and oxygen atoms in total. The van der Waals surface area contributed by atoms with E-state index >= 15 is 0 Å². The monoisotopic (exact) mass is 463 g/mol. The van der Waals surface area contributed by atoms with Gasteiger partial charge in [-0.05, 0) is 44.6 Å².